The van der Waals surface area contributed by atoms with Crippen LogP contribution in [0.2, 0.25) is 0 Å². The first kappa shape index (κ1) is 12.5. The van der Waals surface area contributed by atoms with Crippen molar-refractivity contribution in [2.45, 2.75) is 45.2 Å². The zero-order valence-corrected chi connectivity index (χ0v) is 10.7. The molecule has 0 radical (unpaired) electrons. The molecule has 3 nitrogen and oxygen atoms in total. The molecule has 2 rings (SSSR count). The lowest BCUT2D eigenvalue weighted by atomic mass is 9.70. The van der Waals surface area contributed by atoms with E-state index in [0.717, 1.165) is 25.0 Å². The molecule has 3 heteroatoms. The van der Waals surface area contributed by atoms with Gasteiger partial charge in [0.2, 0.25) is 0 Å². The molecular formula is C14H22N2O. The minimum absolute atomic E-state index is 0.0182. The van der Waals surface area contributed by atoms with Crippen molar-refractivity contribution in [2.75, 3.05) is 6.54 Å². The second kappa shape index (κ2) is 4.75. The lowest BCUT2D eigenvalue weighted by Crippen LogP contribution is -2.54. The number of hydrogen-bond acceptors (Lipinski definition) is 3. The first-order valence-corrected chi connectivity index (χ1v) is 6.45. The Labute approximate surface area is 103 Å². The molecule has 0 aromatic carbocycles. The van der Waals surface area contributed by atoms with Gasteiger partial charge >= 0.3 is 0 Å². The van der Waals surface area contributed by atoms with Crippen molar-refractivity contribution >= 4 is 5.78 Å². The van der Waals surface area contributed by atoms with Crippen LogP contribution in [0.15, 0.2) is 23.8 Å². The van der Waals surface area contributed by atoms with Gasteiger partial charge in [-0.1, -0.05) is 30.2 Å². The third-order valence-electron chi connectivity index (χ3n) is 4.10. The summed E-state index contributed by atoms with van der Waals surface area (Å²) in [7, 11) is 0. The van der Waals surface area contributed by atoms with Gasteiger partial charge in [0.15, 0.2) is 5.78 Å². The minimum atomic E-state index is -0.548. The van der Waals surface area contributed by atoms with Gasteiger partial charge in [-0.15, -0.1) is 0 Å². The molecule has 0 aromatic heterocycles. The highest BCUT2D eigenvalue weighted by Gasteiger charge is 2.42. The Balaban J connectivity index is 2.17. The summed E-state index contributed by atoms with van der Waals surface area (Å²) in [6.07, 6.45) is 9.16. The van der Waals surface area contributed by atoms with Crippen LogP contribution in [0.1, 0.15) is 33.1 Å². The molecule has 1 aliphatic carbocycles. The summed E-state index contributed by atoms with van der Waals surface area (Å²) in [5.41, 5.74) is 6.73. The molecule has 3 unspecified atom stereocenters. The van der Waals surface area contributed by atoms with Crippen molar-refractivity contribution in [1.82, 2.24) is 5.32 Å². The zero-order chi connectivity index (χ0) is 12.5. The highest BCUT2D eigenvalue weighted by Crippen LogP contribution is 2.33. The maximum Gasteiger partial charge on any atom is 0.161 e. The van der Waals surface area contributed by atoms with Crippen LogP contribution in [0, 0.1) is 5.41 Å². The van der Waals surface area contributed by atoms with E-state index in [2.05, 4.69) is 5.32 Å². The Kier molecular flexibility index (Phi) is 3.50. The molecule has 0 bridgehead atoms. The molecule has 17 heavy (non-hydrogen) atoms. The molecule has 1 heterocycles. The maximum atomic E-state index is 12.6. The van der Waals surface area contributed by atoms with Gasteiger partial charge in [-0.05, 0) is 33.2 Å². The zero-order valence-electron chi connectivity index (χ0n) is 10.7. The number of rotatable bonds is 2. The fourth-order valence-corrected chi connectivity index (χ4v) is 2.77. The molecule has 3 N–H and O–H groups in total. The lowest BCUT2D eigenvalue weighted by molar-refractivity contribution is -0.128. The minimum Gasteiger partial charge on any atom is -0.323 e. The predicted molar refractivity (Wildman–Crippen MR) is 69.6 cm³/mol. The number of allylic oxidation sites excluding steroid dienone is 2. The summed E-state index contributed by atoms with van der Waals surface area (Å²) in [6.45, 7) is 4.90. The van der Waals surface area contributed by atoms with Gasteiger partial charge in [0.25, 0.3) is 0 Å². The molecule has 0 spiro atoms. The summed E-state index contributed by atoms with van der Waals surface area (Å²) in [6, 6.07) is -0.209. The molecule has 0 saturated carbocycles. The molecule has 3 atom stereocenters. The number of piperidine rings is 1. The van der Waals surface area contributed by atoms with Gasteiger partial charge in [0.1, 0.15) is 0 Å². The standard InChI is InChI=1S/C14H22N2O/c1-10-6-5-8-14(2,12(10)15)13(17)11-7-3-4-9-16-11/h5-6,8,11-12,16H,3-4,7,9,15H2,1-2H3. The molecule has 0 amide bonds. The van der Waals surface area contributed by atoms with Crippen molar-refractivity contribution in [3.63, 3.8) is 0 Å². The van der Waals surface area contributed by atoms with E-state index in [1.807, 2.05) is 32.1 Å². The monoisotopic (exact) mass is 234 g/mol. The molecule has 1 fully saturated rings. The Morgan fingerprint density at radius 3 is 2.94 bits per heavy atom. The van der Waals surface area contributed by atoms with Crippen LogP contribution < -0.4 is 11.1 Å². The van der Waals surface area contributed by atoms with E-state index in [1.165, 1.54) is 6.42 Å². The fourth-order valence-electron chi connectivity index (χ4n) is 2.77. The first-order chi connectivity index (χ1) is 8.05. The van der Waals surface area contributed by atoms with Crippen molar-refractivity contribution in [2.24, 2.45) is 11.1 Å². The van der Waals surface area contributed by atoms with Crippen molar-refractivity contribution in [1.29, 1.82) is 0 Å². The number of nitrogens with one attached hydrogen (secondary N) is 1. The van der Waals surface area contributed by atoms with E-state index in [9.17, 15) is 4.79 Å². The molecule has 0 aromatic rings. The molecule has 1 aliphatic heterocycles. The number of hydrogen-bond donors (Lipinski definition) is 2. The van der Waals surface area contributed by atoms with E-state index >= 15 is 0 Å². The summed E-state index contributed by atoms with van der Waals surface area (Å²) in [5.74, 6) is 0.244. The topological polar surface area (TPSA) is 55.1 Å². The highest BCUT2D eigenvalue weighted by atomic mass is 16.1. The number of carbonyl (C=O) groups excluding carboxylic acids is 1. The Morgan fingerprint density at radius 2 is 2.29 bits per heavy atom. The van der Waals surface area contributed by atoms with Crippen LogP contribution in [0.25, 0.3) is 0 Å². The molecule has 2 aliphatic rings. The van der Waals surface area contributed by atoms with Crippen LogP contribution in [-0.2, 0) is 4.79 Å². The molecule has 94 valence electrons. The largest absolute Gasteiger partial charge is 0.323 e. The molecule has 1 saturated heterocycles. The van der Waals surface area contributed by atoms with E-state index in [-0.39, 0.29) is 17.9 Å². The second-order valence-electron chi connectivity index (χ2n) is 5.40. The van der Waals surface area contributed by atoms with E-state index in [4.69, 9.17) is 5.73 Å². The predicted octanol–water partition coefficient (Wildman–Crippen LogP) is 1.55. The Morgan fingerprint density at radius 1 is 1.53 bits per heavy atom. The maximum absolute atomic E-state index is 12.6. The van der Waals surface area contributed by atoms with Crippen molar-refractivity contribution < 1.29 is 4.79 Å². The quantitative estimate of drug-likeness (QED) is 0.762. The SMILES string of the molecule is CC1=CC=CC(C)(C(=O)C2CCCCN2)C1N. The van der Waals surface area contributed by atoms with Crippen molar-refractivity contribution in [3.8, 4) is 0 Å². The Bertz CT molecular complexity index is 366. The van der Waals surface area contributed by atoms with Gasteiger partial charge in [0, 0.05) is 6.04 Å². The number of Topliss-reactive ketones (excluding diaryl/α,β-unsaturated/α-hetero) is 1. The van der Waals surface area contributed by atoms with Crippen LogP contribution in [-0.4, -0.2) is 24.4 Å². The van der Waals surface area contributed by atoms with E-state index < -0.39 is 5.41 Å². The summed E-state index contributed by atoms with van der Waals surface area (Å²) < 4.78 is 0. The average Bonchev–Trinajstić information content (AvgIpc) is 2.36. The van der Waals surface area contributed by atoms with Gasteiger partial charge in [-0.25, -0.2) is 0 Å². The highest BCUT2D eigenvalue weighted by molar-refractivity contribution is 5.92. The smallest absolute Gasteiger partial charge is 0.161 e. The van der Waals surface area contributed by atoms with Gasteiger partial charge in [-0.2, -0.15) is 0 Å². The lowest BCUT2D eigenvalue weighted by Gasteiger charge is -2.38. The fraction of sp³-hybridized carbons (Fsp3) is 0.643. The van der Waals surface area contributed by atoms with Crippen molar-refractivity contribution in [3.05, 3.63) is 23.8 Å². The van der Waals surface area contributed by atoms with Gasteiger partial charge in [-0.3, -0.25) is 4.79 Å². The molecular weight excluding hydrogens is 212 g/mol. The Hall–Kier alpha value is -0.930. The second-order valence-corrected chi connectivity index (χ2v) is 5.40. The first-order valence-electron chi connectivity index (χ1n) is 6.45. The normalized spacial score (nSPS) is 37.7. The van der Waals surface area contributed by atoms with Crippen LogP contribution in [0.3, 0.4) is 0 Å². The van der Waals surface area contributed by atoms with Crippen LogP contribution in [0.4, 0.5) is 0 Å². The number of nitrogens with two attached hydrogens (primary N) is 1. The van der Waals surface area contributed by atoms with Crippen LogP contribution in [0.5, 0.6) is 0 Å². The summed E-state index contributed by atoms with van der Waals surface area (Å²) in [4.78, 5) is 12.6. The third kappa shape index (κ3) is 2.22. The summed E-state index contributed by atoms with van der Waals surface area (Å²) >= 11 is 0. The number of ketones is 1. The average molecular weight is 234 g/mol. The third-order valence-corrected chi connectivity index (χ3v) is 4.10. The van der Waals surface area contributed by atoms with Crippen LogP contribution >= 0.6 is 0 Å². The number of carbonyl (C=O) groups is 1. The van der Waals surface area contributed by atoms with E-state index in [0.29, 0.717) is 0 Å². The van der Waals surface area contributed by atoms with Gasteiger partial charge in [0.05, 0.1) is 11.5 Å². The van der Waals surface area contributed by atoms with Gasteiger partial charge < -0.3 is 11.1 Å². The summed E-state index contributed by atoms with van der Waals surface area (Å²) in [5, 5.41) is 3.32. The van der Waals surface area contributed by atoms with E-state index in [1.54, 1.807) is 0 Å².